The van der Waals surface area contributed by atoms with Crippen molar-refractivity contribution in [3.63, 3.8) is 0 Å². The average Bonchev–Trinajstić information content (AvgIpc) is 3.75. The fourth-order valence-corrected chi connectivity index (χ4v) is 7.27. The Balaban J connectivity index is 1.42. The number of nitrogens with zero attached hydrogens (tertiary/aromatic N) is 5. The highest BCUT2D eigenvalue weighted by atomic mass is 32.1. The van der Waals surface area contributed by atoms with Crippen LogP contribution in [0.25, 0.3) is 11.0 Å². The first kappa shape index (κ1) is 33.7. The van der Waals surface area contributed by atoms with Gasteiger partial charge in [-0.15, -0.1) is 11.3 Å². The molecule has 246 valence electrons. The summed E-state index contributed by atoms with van der Waals surface area (Å²) in [4.78, 5) is 35.5. The molecular formula is C34H42F2N6O3S. The number of benzene rings is 1. The third-order valence-electron chi connectivity index (χ3n) is 8.98. The number of imidazole rings is 1. The Labute approximate surface area is 272 Å². The lowest BCUT2D eigenvalue weighted by atomic mass is 9.83. The van der Waals surface area contributed by atoms with Crippen LogP contribution in [0.15, 0.2) is 42.0 Å². The lowest BCUT2D eigenvalue weighted by Crippen LogP contribution is -2.41. The van der Waals surface area contributed by atoms with Crippen LogP contribution >= 0.6 is 11.3 Å². The van der Waals surface area contributed by atoms with Crippen LogP contribution in [0.3, 0.4) is 0 Å². The third-order valence-corrected chi connectivity index (χ3v) is 10.1. The molecule has 2 fully saturated rings. The highest BCUT2D eigenvalue weighted by Crippen LogP contribution is 2.31. The van der Waals surface area contributed by atoms with E-state index in [1.54, 1.807) is 11.0 Å². The summed E-state index contributed by atoms with van der Waals surface area (Å²) in [5, 5.41) is 22.9. The summed E-state index contributed by atoms with van der Waals surface area (Å²) < 4.78 is 28.3. The van der Waals surface area contributed by atoms with E-state index < -0.39 is 17.9 Å². The van der Waals surface area contributed by atoms with Gasteiger partial charge < -0.3 is 14.6 Å². The van der Waals surface area contributed by atoms with Gasteiger partial charge in [-0.3, -0.25) is 19.8 Å². The zero-order valence-corrected chi connectivity index (χ0v) is 27.6. The molecule has 2 N–H and O–H groups in total. The van der Waals surface area contributed by atoms with E-state index in [4.69, 9.17) is 4.98 Å². The minimum absolute atomic E-state index is 0.0454. The highest BCUT2D eigenvalue weighted by molar-refractivity contribution is 7.14. The number of hydrogen-bond donors (Lipinski definition) is 2. The van der Waals surface area contributed by atoms with Gasteiger partial charge >= 0.3 is 0 Å². The van der Waals surface area contributed by atoms with E-state index >= 15 is 0 Å². The molecule has 2 amide bonds. The van der Waals surface area contributed by atoms with Crippen LogP contribution in [-0.4, -0.2) is 67.5 Å². The maximum Gasteiger partial charge on any atom is 0.272 e. The van der Waals surface area contributed by atoms with Crippen molar-refractivity contribution in [2.24, 2.45) is 11.8 Å². The number of fused-ring (bicyclic) bond motifs is 1. The largest absolute Gasteiger partial charge is 0.390 e. The summed E-state index contributed by atoms with van der Waals surface area (Å²) in [6, 6.07) is 10.5. The number of allylic oxidation sites excluding steroid dienone is 1. The molecule has 2 aliphatic rings. The summed E-state index contributed by atoms with van der Waals surface area (Å²) in [5.41, 5.74) is 1.94. The lowest BCUT2D eigenvalue weighted by Gasteiger charge is -2.37. The Kier molecular flexibility index (Phi) is 10.2. The van der Waals surface area contributed by atoms with Crippen molar-refractivity contribution < 1.29 is 23.5 Å². The highest BCUT2D eigenvalue weighted by Gasteiger charge is 2.33. The number of aliphatic hydroxyl groups is 1. The number of halogens is 2. The Hall–Kier alpha value is -3.66. The second-order valence-electron chi connectivity index (χ2n) is 13.3. The van der Waals surface area contributed by atoms with Crippen LogP contribution in [0, 0.1) is 23.2 Å². The maximum atomic E-state index is 13.4. The topological polar surface area (TPSA) is 114 Å². The molecule has 2 aliphatic heterocycles. The van der Waals surface area contributed by atoms with E-state index in [2.05, 4.69) is 16.3 Å². The van der Waals surface area contributed by atoms with Crippen molar-refractivity contribution in [1.29, 1.82) is 5.26 Å². The molecule has 9 nitrogen and oxygen atoms in total. The first-order valence-corrected chi connectivity index (χ1v) is 16.7. The van der Waals surface area contributed by atoms with E-state index in [1.165, 1.54) is 12.1 Å². The van der Waals surface area contributed by atoms with Crippen LogP contribution in [-0.2, 0) is 17.9 Å². The van der Waals surface area contributed by atoms with Gasteiger partial charge in [0.15, 0.2) is 0 Å². The summed E-state index contributed by atoms with van der Waals surface area (Å²) in [5.74, 6) is -0.256. The molecule has 46 heavy (non-hydrogen) atoms. The molecule has 0 unspecified atom stereocenters. The summed E-state index contributed by atoms with van der Waals surface area (Å²) in [7, 11) is 0. The molecule has 0 bridgehead atoms. The Bertz CT molecular complexity index is 1640. The van der Waals surface area contributed by atoms with Gasteiger partial charge in [0.25, 0.3) is 18.2 Å². The minimum Gasteiger partial charge on any atom is -0.390 e. The van der Waals surface area contributed by atoms with Crippen LogP contribution < -0.4 is 5.32 Å². The number of carbonyl (C=O) groups is 2. The van der Waals surface area contributed by atoms with Gasteiger partial charge in [0.1, 0.15) is 11.6 Å². The number of nitriles is 1. The number of hydrogen-bond acceptors (Lipinski definition) is 7. The second-order valence-corrected chi connectivity index (χ2v) is 14.4. The molecule has 1 aromatic carbocycles. The quantitative estimate of drug-likeness (QED) is 0.194. The average molecular weight is 653 g/mol. The first-order valence-electron chi connectivity index (χ1n) is 15.9. The smallest absolute Gasteiger partial charge is 0.272 e. The Morgan fingerprint density at radius 1 is 1.17 bits per heavy atom. The zero-order chi connectivity index (χ0) is 33.2. The summed E-state index contributed by atoms with van der Waals surface area (Å²) in [6.07, 6.45) is 2.36. The lowest BCUT2D eigenvalue weighted by molar-refractivity contribution is -0.127. The molecule has 0 aliphatic carbocycles. The van der Waals surface area contributed by atoms with Crippen LogP contribution in [0.4, 0.5) is 14.7 Å². The van der Waals surface area contributed by atoms with Gasteiger partial charge in [0, 0.05) is 19.6 Å². The van der Waals surface area contributed by atoms with Crippen LogP contribution in [0.1, 0.15) is 79.9 Å². The van der Waals surface area contributed by atoms with Gasteiger partial charge in [-0.05, 0) is 94.3 Å². The normalized spacial score (nSPS) is 18.6. The van der Waals surface area contributed by atoms with E-state index in [9.17, 15) is 28.7 Å². The molecule has 12 heteroatoms. The number of thiophene rings is 1. The van der Waals surface area contributed by atoms with E-state index in [0.717, 1.165) is 67.7 Å². The fraction of sp³-hybridized carbons (Fsp3) is 0.529. The van der Waals surface area contributed by atoms with Crippen LogP contribution in [0.2, 0.25) is 0 Å². The maximum absolute atomic E-state index is 13.4. The molecule has 0 saturated carbocycles. The predicted molar refractivity (Wildman–Crippen MR) is 175 cm³/mol. The summed E-state index contributed by atoms with van der Waals surface area (Å²) >= 11 is 0.742. The van der Waals surface area contributed by atoms with Gasteiger partial charge in [0.05, 0.1) is 32.4 Å². The van der Waals surface area contributed by atoms with E-state index in [1.807, 2.05) is 50.5 Å². The third kappa shape index (κ3) is 7.65. The van der Waals surface area contributed by atoms with Crippen molar-refractivity contribution in [2.75, 3.05) is 25.0 Å². The van der Waals surface area contributed by atoms with Gasteiger partial charge in [-0.2, -0.15) is 5.26 Å². The van der Waals surface area contributed by atoms with Crippen molar-refractivity contribution in [1.82, 2.24) is 19.4 Å². The van der Waals surface area contributed by atoms with Crippen molar-refractivity contribution in [3.05, 3.63) is 57.3 Å². The number of amides is 2. The molecular weight excluding hydrogens is 610 g/mol. The van der Waals surface area contributed by atoms with Gasteiger partial charge in [0.2, 0.25) is 5.95 Å². The van der Waals surface area contributed by atoms with E-state index in [-0.39, 0.29) is 45.1 Å². The molecule has 2 saturated heterocycles. The number of aromatic nitrogens is 2. The fourth-order valence-electron chi connectivity index (χ4n) is 6.51. The molecule has 3 aromatic rings. The SMILES string of the molecule is CC(C)/C=C(\C#N)C(=O)N1CCC[C@@H]1Cn1c(NC(=O)c2ccc(C(F)F)s2)nc2cc(CN3CCC(C(C)(C)O)CC3)ccc21. The number of rotatable bonds is 10. The number of alkyl halides is 2. The molecule has 4 heterocycles. The second kappa shape index (κ2) is 14.0. The van der Waals surface area contributed by atoms with Crippen molar-refractivity contribution >= 4 is 40.1 Å². The van der Waals surface area contributed by atoms with Crippen LogP contribution in [0.5, 0.6) is 0 Å². The predicted octanol–water partition coefficient (Wildman–Crippen LogP) is 6.37. The first-order chi connectivity index (χ1) is 21.8. The number of anilines is 1. The Morgan fingerprint density at radius 2 is 1.91 bits per heavy atom. The molecule has 0 radical (unpaired) electrons. The standard InChI is InChI=1S/C34H42F2N6O3S/c1-21(2)16-23(18-37)32(44)41-13-5-6-25(41)20-42-27-8-7-22(19-40-14-11-24(12-15-40)34(3,4)45)17-26(27)38-33(42)39-31(43)29-10-9-28(46-29)30(35)36/h7-10,16-17,21,24-25,30,45H,5-6,11-15,19-20H2,1-4H3,(H,38,39,43)/b23-16+/t25-/m1/s1. The minimum atomic E-state index is -2.66. The monoisotopic (exact) mass is 652 g/mol. The van der Waals surface area contributed by atoms with Crippen molar-refractivity contribution in [3.8, 4) is 6.07 Å². The number of carbonyl (C=O) groups excluding carboxylic acids is 2. The Morgan fingerprint density at radius 3 is 2.54 bits per heavy atom. The molecule has 2 aromatic heterocycles. The zero-order valence-electron chi connectivity index (χ0n) is 26.8. The molecule has 0 spiro atoms. The van der Waals surface area contributed by atoms with Gasteiger partial charge in [-0.1, -0.05) is 26.0 Å². The molecule has 5 rings (SSSR count). The van der Waals surface area contributed by atoms with E-state index in [0.29, 0.717) is 18.6 Å². The van der Waals surface area contributed by atoms with Crippen molar-refractivity contribution in [2.45, 2.75) is 84.5 Å². The number of likely N-dealkylation sites (tertiary alicyclic amines) is 2. The number of piperidine rings is 1. The van der Waals surface area contributed by atoms with Gasteiger partial charge in [-0.25, -0.2) is 13.8 Å². The summed E-state index contributed by atoms with van der Waals surface area (Å²) in [6.45, 7) is 10.9. The number of nitrogens with one attached hydrogen (secondary N) is 1. The molecule has 1 atom stereocenters.